The molecular formula is C14H14BrFIN3. The van der Waals surface area contributed by atoms with E-state index >= 15 is 0 Å². The molecule has 0 spiro atoms. The number of hydrogen-bond donors (Lipinski definition) is 1. The van der Waals surface area contributed by atoms with Gasteiger partial charge in [0.05, 0.1) is 13.7 Å². The number of benzene rings is 1. The van der Waals surface area contributed by atoms with Gasteiger partial charge in [0.2, 0.25) is 0 Å². The van der Waals surface area contributed by atoms with Gasteiger partial charge in [-0.25, -0.2) is 14.4 Å². The van der Waals surface area contributed by atoms with Crippen LogP contribution in [0.15, 0.2) is 22.7 Å². The lowest BCUT2D eigenvalue weighted by atomic mass is 9.92. The summed E-state index contributed by atoms with van der Waals surface area (Å²) < 4.78 is 14.6. The molecule has 0 atom stereocenters. The summed E-state index contributed by atoms with van der Waals surface area (Å²) in [6.07, 6.45) is 0. The molecule has 0 aliphatic heterocycles. The van der Waals surface area contributed by atoms with Gasteiger partial charge in [-0.1, -0.05) is 20.8 Å². The van der Waals surface area contributed by atoms with Crippen molar-refractivity contribution in [1.82, 2.24) is 9.97 Å². The number of aromatic nitrogens is 2. The third kappa shape index (κ3) is 3.11. The van der Waals surface area contributed by atoms with E-state index in [1.165, 1.54) is 6.07 Å². The molecule has 3 nitrogen and oxygen atoms in total. The lowest BCUT2D eigenvalue weighted by molar-refractivity contribution is 0.564. The van der Waals surface area contributed by atoms with Crippen LogP contribution >= 0.6 is 38.5 Å². The molecule has 2 N–H and O–H groups in total. The highest BCUT2D eigenvalue weighted by molar-refractivity contribution is 14.1. The van der Waals surface area contributed by atoms with E-state index in [4.69, 9.17) is 5.73 Å². The van der Waals surface area contributed by atoms with Gasteiger partial charge in [0.15, 0.2) is 5.82 Å². The van der Waals surface area contributed by atoms with Crippen LogP contribution in [-0.2, 0) is 5.41 Å². The minimum Gasteiger partial charge on any atom is -0.383 e. The van der Waals surface area contributed by atoms with Crippen LogP contribution in [0.4, 0.5) is 10.2 Å². The van der Waals surface area contributed by atoms with Crippen molar-refractivity contribution < 1.29 is 4.39 Å². The van der Waals surface area contributed by atoms with Crippen LogP contribution < -0.4 is 5.73 Å². The van der Waals surface area contributed by atoms with Crippen LogP contribution in [-0.4, -0.2) is 9.97 Å². The standard InChI is InChI=1S/C14H14BrFIN3/c1-14(2,3)11-10(17)12(18)20-13(19-11)7-4-5-9(16)8(15)6-7/h4-6H,1-3H3,(H2,18,19,20). The number of nitrogen functional groups attached to an aromatic ring is 1. The minimum absolute atomic E-state index is 0.139. The molecular weight excluding hydrogens is 436 g/mol. The summed E-state index contributed by atoms with van der Waals surface area (Å²) in [5.41, 5.74) is 7.46. The van der Waals surface area contributed by atoms with Crippen molar-refractivity contribution >= 4 is 44.3 Å². The van der Waals surface area contributed by atoms with E-state index in [2.05, 4.69) is 69.3 Å². The van der Waals surface area contributed by atoms with Gasteiger partial charge in [0.25, 0.3) is 0 Å². The Kier molecular flexibility index (Phi) is 4.34. The Morgan fingerprint density at radius 2 is 1.90 bits per heavy atom. The maximum absolute atomic E-state index is 13.3. The predicted molar refractivity (Wildman–Crippen MR) is 91.0 cm³/mol. The van der Waals surface area contributed by atoms with E-state index in [-0.39, 0.29) is 11.2 Å². The molecule has 0 unspecified atom stereocenters. The molecule has 1 heterocycles. The monoisotopic (exact) mass is 449 g/mol. The summed E-state index contributed by atoms with van der Waals surface area (Å²) in [4.78, 5) is 8.91. The van der Waals surface area contributed by atoms with Gasteiger partial charge in [-0.05, 0) is 56.7 Å². The van der Waals surface area contributed by atoms with E-state index in [1.54, 1.807) is 12.1 Å². The second kappa shape index (κ2) is 5.55. The number of halogens is 3. The molecule has 2 rings (SSSR count). The van der Waals surface area contributed by atoms with Crippen LogP contribution in [0.1, 0.15) is 26.5 Å². The SMILES string of the molecule is CC(C)(C)c1nc(-c2ccc(F)c(Br)c2)nc(N)c1I. The van der Waals surface area contributed by atoms with Crippen molar-refractivity contribution in [3.8, 4) is 11.4 Å². The maximum atomic E-state index is 13.3. The molecule has 0 radical (unpaired) electrons. The predicted octanol–water partition coefficient (Wildman–Crippen LogP) is 4.53. The van der Waals surface area contributed by atoms with Crippen LogP contribution in [0.2, 0.25) is 0 Å². The number of anilines is 1. The largest absolute Gasteiger partial charge is 0.383 e. The normalized spacial score (nSPS) is 11.7. The van der Waals surface area contributed by atoms with Gasteiger partial charge < -0.3 is 5.73 Å². The first-order valence-electron chi connectivity index (χ1n) is 5.99. The molecule has 2 aromatic rings. The van der Waals surface area contributed by atoms with E-state index in [0.717, 1.165) is 14.8 Å². The van der Waals surface area contributed by atoms with Crippen molar-refractivity contribution in [1.29, 1.82) is 0 Å². The zero-order chi connectivity index (χ0) is 15.1. The Morgan fingerprint density at radius 3 is 2.45 bits per heavy atom. The maximum Gasteiger partial charge on any atom is 0.161 e. The average molecular weight is 450 g/mol. The fraction of sp³-hybridized carbons (Fsp3) is 0.286. The summed E-state index contributed by atoms with van der Waals surface area (Å²) >= 11 is 5.33. The van der Waals surface area contributed by atoms with Gasteiger partial charge in [-0.15, -0.1) is 0 Å². The summed E-state index contributed by atoms with van der Waals surface area (Å²) in [6.45, 7) is 6.21. The molecule has 0 aliphatic carbocycles. The highest BCUT2D eigenvalue weighted by Gasteiger charge is 2.22. The molecule has 0 amide bonds. The molecule has 1 aromatic carbocycles. The van der Waals surface area contributed by atoms with Crippen molar-refractivity contribution in [2.24, 2.45) is 0 Å². The first-order chi connectivity index (χ1) is 9.20. The molecule has 6 heteroatoms. The quantitative estimate of drug-likeness (QED) is 0.650. The van der Waals surface area contributed by atoms with Crippen molar-refractivity contribution in [2.75, 3.05) is 5.73 Å². The molecule has 0 fully saturated rings. The first-order valence-corrected chi connectivity index (χ1v) is 7.86. The van der Waals surface area contributed by atoms with Crippen LogP contribution in [0.5, 0.6) is 0 Å². The van der Waals surface area contributed by atoms with Gasteiger partial charge in [-0.3, -0.25) is 0 Å². The van der Waals surface area contributed by atoms with Crippen molar-refractivity contribution in [3.05, 3.63) is 37.8 Å². The van der Waals surface area contributed by atoms with Crippen LogP contribution in [0, 0.1) is 9.39 Å². The highest BCUT2D eigenvalue weighted by atomic mass is 127. The van der Waals surface area contributed by atoms with E-state index in [1.807, 2.05) is 0 Å². The van der Waals surface area contributed by atoms with Gasteiger partial charge in [0.1, 0.15) is 11.6 Å². The Morgan fingerprint density at radius 1 is 1.25 bits per heavy atom. The topological polar surface area (TPSA) is 51.8 Å². The molecule has 0 aliphatic rings. The van der Waals surface area contributed by atoms with Crippen LogP contribution in [0.3, 0.4) is 0 Å². The lowest BCUT2D eigenvalue weighted by Gasteiger charge is -2.21. The van der Waals surface area contributed by atoms with Crippen molar-refractivity contribution in [3.63, 3.8) is 0 Å². The third-order valence-corrected chi connectivity index (χ3v) is 4.44. The number of rotatable bonds is 1. The molecule has 106 valence electrons. The van der Waals surface area contributed by atoms with Crippen molar-refractivity contribution in [2.45, 2.75) is 26.2 Å². The van der Waals surface area contributed by atoms with Crippen LogP contribution in [0.25, 0.3) is 11.4 Å². The van der Waals surface area contributed by atoms with Gasteiger partial charge in [-0.2, -0.15) is 0 Å². The Balaban J connectivity index is 2.63. The smallest absolute Gasteiger partial charge is 0.161 e. The zero-order valence-corrected chi connectivity index (χ0v) is 15.1. The fourth-order valence-electron chi connectivity index (χ4n) is 1.73. The molecule has 0 saturated heterocycles. The average Bonchev–Trinajstić information content (AvgIpc) is 2.34. The van der Waals surface area contributed by atoms with E-state index in [0.29, 0.717) is 16.1 Å². The summed E-state index contributed by atoms with van der Waals surface area (Å²) in [7, 11) is 0. The Labute approximate surface area is 139 Å². The Bertz CT molecular complexity index is 668. The fourth-order valence-corrected chi connectivity index (χ4v) is 3.15. The second-order valence-electron chi connectivity index (χ2n) is 5.47. The second-order valence-corrected chi connectivity index (χ2v) is 7.41. The Hall–Kier alpha value is -0.760. The molecule has 20 heavy (non-hydrogen) atoms. The first kappa shape index (κ1) is 15.6. The lowest BCUT2D eigenvalue weighted by Crippen LogP contribution is -2.18. The van der Waals surface area contributed by atoms with E-state index in [9.17, 15) is 4.39 Å². The molecule has 0 saturated carbocycles. The number of nitrogens with two attached hydrogens (primary N) is 1. The van der Waals surface area contributed by atoms with Gasteiger partial charge >= 0.3 is 0 Å². The molecule has 1 aromatic heterocycles. The minimum atomic E-state index is -0.316. The molecule has 0 bridgehead atoms. The summed E-state index contributed by atoms with van der Waals surface area (Å²) in [6, 6.07) is 4.69. The van der Waals surface area contributed by atoms with Gasteiger partial charge in [0, 0.05) is 11.0 Å². The number of nitrogens with zero attached hydrogens (tertiary/aromatic N) is 2. The summed E-state index contributed by atoms with van der Waals surface area (Å²) in [5, 5.41) is 0. The van der Waals surface area contributed by atoms with E-state index < -0.39 is 0 Å². The highest BCUT2D eigenvalue weighted by Crippen LogP contribution is 2.31. The number of hydrogen-bond acceptors (Lipinski definition) is 3. The zero-order valence-electron chi connectivity index (χ0n) is 11.3. The third-order valence-electron chi connectivity index (χ3n) is 2.77. The summed E-state index contributed by atoms with van der Waals surface area (Å²) in [5.74, 6) is 0.637.